The minimum absolute atomic E-state index is 0.175. The third-order valence-electron chi connectivity index (χ3n) is 6.75. The number of piperidine rings is 1. The van der Waals surface area contributed by atoms with Crippen molar-refractivity contribution in [1.29, 1.82) is 0 Å². The third kappa shape index (κ3) is 6.54. The highest BCUT2D eigenvalue weighted by molar-refractivity contribution is 5.70. The molecule has 1 saturated heterocycles. The van der Waals surface area contributed by atoms with Crippen molar-refractivity contribution in [1.82, 2.24) is 25.2 Å². The number of alkyl carbamates (subject to hydrolysis) is 1. The van der Waals surface area contributed by atoms with Crippen LogP contribution in [0.25, 0.3) is 0 Å². The van der Waals surface area contributed by atoms with E-state index in [4.69, 9.17) is 9.47 Å². The Hall–Kier alpha value is -3.14. The van der Waals surface area contributed by atoms with E-state index in [9.17, 15) is 14.7 Å². The molecule has 2 atom stereocenters. The number of rotatable bonds is 5. The smallest absolute Gasteiger partial charge is 0.410 e. The summed E-state index contributed by atoms with van der Waals surface area (Å²) in [5.41, 5.74) is -0.164. The summed E-state index contributed by atoms with van der Waals surface area (Å²) in [7, 11) is 0. The van der Waals surface area contributed by atoms with Gasteiger partial charge in [0.05, 0.1) is 18.3 Å². The first kappa shape index (κ1) is 25.9. The van der Waals surface area contributed by atoms with Gasteiger partial charge >= 0.3 is 12.2 Å². The Morgan fingerprint density at radius 3 is 2.58 bits per heavy atom. The summed E-state index contributed by atoms with van der Waals surface area (Å²) in [5.74, 6) is 0. The number of carbonyl (C=O) groups excluding carboxylic acids is 2. The Morgan fingerprint density at radius 2 is 1.89 bits per heavy atom. The highest BCUT2D eigenvalue weighted by atomic mass is 16.6. The number of hydrogen-bond acceptors (Lipinski definition) is 7. The number of amides is 2. The molecule has 2 N–H and O–H groups in total. The molecule has 2 heterocycles. The summed E-state index contributed by atoms with van der Waals surface area (Å²) in [4.78, 5) is 27.1. The van der Waals surface area contributed by atoms with Gasteiger partial charge in [-0.1, -0.05) is 54.8 Å². The number of aliphatic hydroxyl groups is 1. The van der Waals surface area contributed by atoms with Crippen molar-refractivity contribution in [3.8, 4) is 0 Å². The van der Waals surface area contributed by atoms with Crippen molar-refractivity contribution in [2.24, 2.45) is 0 Å². The van der Waals surface area contributed by atoms with Gasteiger partial charge in [-0.15, -0.1) is 5.10 Å². The van der Waals surface area contributed by atoms with Crippen LogP contribution >= 0.6 is 0 Å². The molecule has 0 bridgehead atoms. The number of likely N-dealkylation sites (tertiary alicyclic amines) is 1. The predicted octanol–water partition coefficient (Wildman–Crippen LogP) is 3.91. The fraction of sp³-hybridized carbons (Fsp3) is 0.615. The SMILES string of the molecule is CC(C)(C)OC(=O)N[C@H]1CN(C(=O)OCc2ccccc2)CC[C@@H]1n1cc(C2(O)CCCCC2)nn1. The van der Waals surface area contributed by atoms with E-state index >= 15 is 0 Å². The summed E-state index contributed by atoms with van der Waals surface area (Å²) in [6.07, 6.45) is 5.65. The second kappa shape index (κ2) is 10.9. The molecule has 0 radical (unpaired) electrons. The first-order valence-electron chi connectivity index (χ1n) is 12.7. The van der Waals surface area contributed by atoms with E-state index in [2.05, 4.69) is 15.6 Å². The molecule has 196 valence electrons. The zero-order chi connectivity index (χ0) is 25.8. The lowest BCUT2D eigenvalue weighted by Crippen LogP contribution is -2.55. The minimum Gasteiger partial charge on any atom is -0.445 e. The van der Waals surface area contributed by atoms with Gasteiger partial charge in [-0.2, -0.15) is 0 Å². The maximum absolute atomic E-state index is 12.8. The molecule has 10 nitrogen and oxygen atoms in total. The summed E-state index contributed by atoms with van der Waals surface area (Å²) >= 11 is 0. The molecule has 1 aromatic heterocycles. The fourth-order valence-electron chi connectivity index (χ4n) is 4.88. The number of aromatic nitrogens is 3. The van der Waals surface area contributed by atoms with Crippen LogP contribution in [0, 0.1) is 0 Å². The lowest BCUT2D eigenvalue weighted by Gasteiger charge is -2.38. The Balaban J connectivity index is 1.47. The Bertz CT molecular complexity index is 1030. The van der Waals surface area contributed by atoms with E-state index in [1.165, 1.54) is 0 Å². The van der Waals surface area contributed by atoms with Gasteiger partial charge in [-0.05, 0) is 45.6 Å². The number of nitrogens with one attached hydrogen (secondary N) is 1. The summed E-state index contributed by atoms with van der Waals surface area (Å²) < 4.78 is 12.7. The second-order valence-corrected chi connectivity index (χ2v) is 10.8. The highest BCUT2D eigenvalue weighted by Crippen LogP contribution is 2.36. The van der Waals surface area contributed by atoms with Crippen LogP contribution in [0.1, 0.15) is 76.6 Å². The van der Waals surface area contributed by atoms with Crippen LogP contribution in [0.2, 0.25) is 0 Å². The van der Waals surface area contributed by atoms with Crippen LogP contribution in [-0.2, 0) is 21.7 Å². The van der Waals surface area contributed by atoms with Gasteiger partial charge in [0.2, 0.25) is 0 Å². The van der Waals surface area contributed by atoms with E-state index in [1.807, 2.05) is 30.3 Å². The van der Waals surface area contributed by atoms with Crippen LogP contribution in [0.3, 0.4) is 0 Å². The van der Waals surface area contributed by atoms with E-state index in [0.717, 1.165) is 24.8 Å². The molecular formula is C26H37N5O5. The van der Waals surface area contributed by atoms with Crippen molar-refractivity contribution in [3.05, 3.63) is 47.8 Å². The van der Waals surface area contributed by atoms with E-state index in [-0.39, 0.29) is 19.2 Å². The molecule has 1 aliphatic carbocycles. The number of hydrogen-bond donors (Lipinski definition) is 2. The second-order valence-electron chi connectivity index (χ2n) is 10.8. The maximum atomic E-state index is 12.8. The van der Waals surface area contributed by atoms with Crippen LogP contribution < -0.4 is 5.32 Å². The van der Waals surface area contributed by atoms with Crippen molar-refractivity contribution in [2.45, 2.75) is 89.2 Å². The molecule has 2 aliphatic rings. The maximum Gasteiger partial charge on any atom is 0.410 e. The number of nitrogens with zero attached hydrogens (tertiary/aromatic N) is 4. The summed E-state index contributed by atoms with van der Waals surface area (Å²) in [6.45, 7) is 6.24. The van der Waals surface area contributed by atoms with Gasteiger partial charge in [-0.25, -0.2) is 14.3 Å². The van der Waals surface area contributed by atoms with E-state index in [1.54, 1.807) is 36.5 Å². The molecule has 0 spiro atoms. The highest BCUT2D eigenvalue weighted by Gasteiger charge is 2.38. The molecule has 36 heavy (non-hydrogen) atoms. The topological polar surface area (TPSA) is 119 Å². The fourth-order valence-corrected chi connectivity index (χ4v) is 4.88. The zero-order valence-electron chi connectivity index (χ0n) is 21.4. The van der Waals surface area contributed by atoms with Crippen LogP contribution in [-0.4, -0.2) is 61.9 Å². The first-order chi connectivity index (χ1) is 17.1. The number of ether oxygens (including phenoxy) is 2. The average molecular weight is 500 g/mol. The molecule has 2 aromatic rings. The van der Waals surface area contributed by atoms with Crippen molar-refractivity contribution in [3.63, 3.8) is 0 Å². The number of benzene rings is 1. The monoisotopic (exact) mass is 499 g/mol. The van der Waals surface area contributed by atoms with Gasteiger partial charge in [0.15, 0.2) is 0 Å². The third-order valence-corrected chi connectivity index (χ3v) is 6.75. The Morgan fingerprint density at radius 1 is 1.17 bits per heavy atom. The summed E-state index contributed by atoms with van der Waals surface area (Å²) in [5, 5.41) is 22.6. The van der Waals surface area contributed by atoms with Gasteiger partial charge < -0.3 is 24.8 Å². The largest absolute Gasteiger partial charge is 0.445 e. The minimum atomic E-state index is -0.966. The number of carbonyl (C=O) groups is 2. The summed E-state index contributed by atoms with van der Waals surface area (Å²) in [6, 6.07) is 8.75. The molecule has 1 saturated carbocycles. The van der Waals surface area contributed by atoms with Crippen molar-refractivity contribution in [2.75, 3.05) is 13.1 Å². The van der Waals surface area contributed by atoms with E-state index in [0.29, 0.717) is 31.5 Å². The average Bonchev–Trinajstić information content (AvgIpc) is 3.33. The Kier molecular flexibility index (Phi) is 7.82. The van der Waals surface area contributed by atoms with Gasteiger partial charge in [0.25, 0.3) is 0 Å². The van der Waals surface area contributed by atoms with Crippen LogP contribution in [0.4, 0.5) is 9.59 Å². The van der Waals surface area contributed by atoms with Crippen LogP contribution in [0.5, 0.6) is 0 Å². The normalized spacial score (nSPS) is 22.1. The zero-order valence-corrected chi connectivity index (χ0v) is 21.4. The van der Waals surface area contributed by atoms with Crippen molar-refractivity contribution >= 4 is 12.2 Å². The van der Waals surface area contributed by atoms with E-state index < -0.39 is 29.4 Å². The first-order valence-corrected chi connectivity index (χ1v) is 12.7. The Labute approximate surface area is 211 Å². The lowest BCUT2D eigenvalue weighted by atomic mass is 9.83. The van der Waals surface area contributed by atoms with Gasteiger partial charge in [0, 0.05) is 13.1 Å². The standard InChI is InChI=1S/C26H37N5O5/c1-25(2,3)36-23(32)27-20-16-30(24(33)35-18-19-10-6-4-7-11-19)15-12-21(20)31-17-22(28-29-31)26(34)13-8-5-9-14-26/h4,6-7,10-11,17,20-21,34H,5,8-9,12-16,18H2,1-3H3,(H,27,32)/t20-,21-/m0/s1. The quantitative estimate of drug-likeness (QED) is 0.640. The predicted molar refractivity (Wildman–Crippen MR) is 132 cm³/mol. The van der Waals surface area contributed by atoms with Gasteiger partial charge in [-0.3, -0.25) is 0 Å². The molecule has 1 aromatic carbocycles. The molecule has 2 fully saturated rings. The van der Waals surface area contributed by atoms with Crippen molar-refractivity contribution < 1.29 is 24.2 Å². The molecule has 0 unspecified atom stereocenters. The molecule has 4 rings (SSSR count). The molecule has 1 aliphatic heterocycles. The molecular weight excluding hydrogens is 462 g/mol. The molecule has 10 heteroatoms. The van der Waals surface area contributed by atoms with Gasteiger partial charge in [0.1, 0.15) is 23.5 Å². The van der Waals surface area contributed by atoms with Crippen LogP contribution in [0.15, 0.2) is 36.5 Å². The molecule has 2 amide bonds. The lowest BCUT2D eigenvalue weighted by molar-refractivity contribution is -0.00480.